The molecule has 3 aliphatic rings. The summed E-state index contributed by atoms with van der Waals surface area (Å²) in [5.74, 6) is -3.32. The van der Waals surface area contributed by atoms with E-state index in [1.165, 1.54) is 0 Å². The molecule has 0 spiro atoms. The van der Waals surface area contributed by atoms with Gasteiger partial charge in [-0.2, -0.15) is 0 Å². The standard InChI is InChI=1S/3C5H7NO3.La/c3*7-4-2-1-3(6-4)5(8)9;/h3*3H,1-2H2,(H,6,7)(H,8,9);/t3*3-;/m000./s1. The molecule has 3 amide bonds. The molecule has 0 unspecified atom stereocenters. The maximum Gasteiger partial charge on any atom is 0.326 e. The zero-order valence-electron chi connectivity index (χ0n) is 14.8. The van der Waals surface area contributed by atoms with Crippen LogP contribution in [0.2, 0.25) is 0 Å². The number of nitrogens with one attached hydrogen (secondary N) is 3. The van der Waals surface area contributed by atoms with Gasteiger partial charge >= 0.3 is 17.9 Å². The molecule has 1 radical (unpaired) electrons. The summed E-state index contributed by atoms with van der Waals surface area (Å²) in [6.07, 6.45) is 2.31. The number of carbonyl (C=O) groups excluding carboxylic acids is 3. The zero-order chi connectivity index (χ0) is 20.6. The van der Waals surface area contributed by atoms with Crippen LogP contribution in [0.15, 0.2) is 0 Å². The Morgan fingerprint density at radius 1 is 0.607 bits per heavy atom. The van der Waals surface area contributed by atoms with Crippen molar-refractivity contribution in [2.24, 2.45) is 0 Å². The molecule has 0 bridgehead atoms. The third kappa shape index (κ3) is 9.28. The fourth-order valence-corrected chi connectivity index (χ4v) is 2.40. The Kier molecular flexibility index (Phi) is 11.6. The average Bonchev–Trinajstić information content (AvgIpc) is 3.30. The Balaban J connectivity index is 0.000000384. The molecule has 3 fully saturated rings. The van der Waals surface area contributed by atoms with Crippen LogP contribution in [-0.2, 0) is 28.8 Å². The summed E-state index contributed by atoms with van der Waals surface area (Å²) in [5, 5.41) is 31.9. The first-order chi connectivity index (χ1) is 12.6. The monoisotopic (exact) mass is 526 g/mol. The van der Waals surface area contributed by atoms with Gasteiger partial charge in [0.05, 0.1) is 0 Å². The van der Waals surface area contributed by atoms with Crippen LogP contribution in [-0.4, -0.2) is 69.1 Å². The third-order valence-corrected chi connectivity index (χ3v) is 3.88. The van der Waals surface area contributed by atoms with Gasteiger partial charge in [0, 0.05) is 54.9 Å². The summed E-state index contributed by atoms with van der Waals surface area (Å²) < 4.78 is 0. The van der Waals surface area contributed by atoms with Crippen molar-refractivity contribution < 1.29 is 79.7 Å². The van der Waals surface area contributed by atoms with Gasteiger partial charge in [0.25, 0.3) is 0 Å². The van der Waals surface area contributed by atoms with E-state index >= 15 is 0 Å². The van der Waals surface area contributed by atoms with E-state index in [0.717, 1.165) is 0 Å². The van der Waals surface area contributed by atoms with Crippen molar-refractivity contribution in [3.05, 3.63) is 0 Å². The van der Waals surface area contributed by atoms with Crippen LogP contribution in [0.1, 0.15) is 38.5 Å². The molecule has 28 heavy (non-hydrogen) atoms. The molecule has 3 atom stereocenters. The van der Waals surface area contributed by atoms with Gasteiger partial charge < -0.3 is 31.3 Å². The van der Waals surface area contributed by atoms with Crippen molar-refractivity contribution in [2.75, 3.05) is 0 Å². The molecular formula is C15H21LaN3O9. The first kappa shape index (κ1) is 26.0. The summed E-state index contributed by atoms with van der Waals surface area (Å²) in [7, 11) is 0. The van der Waals surface area contributed by atoms with Gasteiger partial charge in [0.2, 0.25) is 17.7 Å². The van der Waals surface area contributed by atoms with Crippen molar-refractivity contribution >= 4 is 35.6 Å². The molecule has 6 N–H and O–H groups in total. The number of aliphatic carboxylic acids is 3. The Morgan fingerprint density at radius 3 is 0.893 bits per heavy atom. The van der Waals surface area contributed by atoms with Crippen molar-refractivity contribution in [2.45, 2.75) is 56.7 Å². The molecule has 0 aliphatic carbocycles. The summed E-state index contributed by atoms with van der Waals surface area (Å²) >= 11 is 0. The molecule has 3 aliphatic heterocycles. The van der Waals surface area contributed by atoms with E-state index in [4.69, 9.17) is 15.3 Å². The predicted octanol–water partition coefficient (Wildman–Crippen LogP) is -1.95. The number of hydrogen-bond donors (Lipinski definition) is 6. The van der Waals surface area contributed by atoms with Gasteiger partial charge in [-0.1, -0.05) is 0 Å². The topological polar surface area (TPSA) is 199 Å². The fourth-order valence-electron chi connectivity index (χ4n) is 2.40. The van der Waals surface area contributed by atoms with E-state index in [9.17, 15) is 28.8 Å². The number of carboxylic acid groups (broad SMARTS) is 3. The van der Waals surface area contributed by atoms with Gasteiger partial charge in [0.1, 0.15) is 18.1 Å². The van der Waals surface area contributed by atoms with Gasteiger partial charge in [-0.25, -0.2) is 14.4 Å². The fraction of sp³-hybridized carbons (Fsp3) is 0.600. The van der Waals surface area contributed by atoms with Crippen molar-refractivity contribution in [1.29, 1.82) is 0 Å². The predicted molar refractivity (Wildman–Crippen MR) is 86.4 cm³/mol. The van der Waals surface area contributed by atoms with Crippen molar-refractivity contribution in [1.82, 2.24) is 16.0 Å². The van der Waals surface area contributed by atoms with Crippen LogP contribution in [0.25, 0.3) is 0 Å². The van der Waals surface area contributed by atoms with Crippen molar-refractivity contribution in [3.8, 4) is 0 Å². The molecule has 0 aromatic rings. The van der Waals surface area contributed by atoms with E-state index in [2.05, 4.69) is 16.0 Å². The van der Waals surface area contributed by atoms with Crippen LogP contribution < -0.4 is 16.0 Å². The van der Waals surface area contributed by atoms with E-state index in [-0.39, 0.29) is 53.3 Å². The summed E-state index contributed by atoms with van der Waals surface area (Å²) in [4.78, 5) is 61.5. The SMILES string of the molecule is O=C1CC[C@@H](C(=O)O)N1.O=C1CC[C@@H](C(=O)O)N1.O=C1CC[C@@H](C(=O)O)N1.[La]. The van der Waals surface area contributed by atoms with Gasteiger partial charge in [-0.3, -0.25) is 14.4 Å². The van der Waals surface area contributed by atoms with Crippen LogP contribution in [0.3, 0.4) is 0 Å². The van der Waals surface area contributed by atoms with Gasteiger partial charge in [0.15, 0.2) is 0 Å². The normalized spacial score (nSPS) is 24.9. The number of carbonyl (C=O) groups is 6. The Morgan fingerprint density at radius 2 is 0.821 bits per heavy atom. The molecule has 153 valence electrons. The Bertz CT molecular complexity index is 555. The number of hydrogen-bond acceptors (Lipinski definition) is 6. The van der Waals surface area contributed by atoms with E-state index in [1.54, 1.807) is 0 Å². The summed E-state index contributed by atoms with van der Waals surface area (Å²) in [6.45, 7) is 0. The quantitative estimate of drug-likeness (QED) is 0.242. The number of carboxylic acids is 3. The average molecular weight is 526 g/mol. The molecule has 0 saturated carbocycles. The second-order valence-corrected chi connectivity index (χ2v) is 5.99. The smallest absolute Gasteiger partial charge is 0.326 e. The first-order valence-electron chi connectivity index (χ1n) is 8.16. The second kappa shape index (κ2) is 12.5. The Hall–Kier alpha value is -1.99. The third-order valence-electron chi connectivity index (χ3n) is 3.88. The van der Waals surface area contributed by atoms with Crippen LogP contribution in [0.4, 0.5) is 0 Å². The largest absolute Gasteiger partial charge is 0.480 e. The van der Waals surface area contributed by atoms with E-state index < -0.39 is 36.0 Å². The van der Waals surface area contributed by atoms with Crippen LogP contribution in [0.5, 0.6) is 0 Å². The molecule has 12 nitrogen and oxygen atoms in total. The molecule has 3 saturated heterocycles. The molecule has 3 heterocycles. The van der Waals surface area contributed by atoms with E-state index in [0.29, 0.717) is 38.5 Å². The molecule has 3 rings (SSSR count). The first-order valence-corrected chi connectivity index (χ1v) is 8.16. The van der Waals surface area contributed by atoms with Crippen LogP contribution in [0, 0.1) is 35.6 Å². The summed E-state index contributed by atoms with van der Waals surface area (Å²) in [6, 6.07) is -1.92. The molecule has 13 heteroatoms. The minimum atomic E-state index is -0.944. The van der Waals surface area contributed by atoms with Crippen LogP contribution >= 0.6 is 0 Å². The van der Waals surface area contributed by atoms with Crippen molar-refractivity contribution in [3.63, 3.8) is 0 Å². The second-order valence-electron chi connectivity index (χ2n) is 5.99. The number of rotatable bonds is 3. The number of amides is 3. The van der Waals surface area contributed by atoms with E-state index in [1.807, 2.05) is 0 Å². The minimum absolute atomic E-state index is 0. The maximum atomic E-state index is 10.4. The van der Waals surface area contributed by atoms with Gasteiger partial charge in [-0.05, 0) is 19.3 Å². The zero-order valence-corrected chi connectivity index (χ0v) is 18.5. The molecule has 0 aromatic carbocycles. The van der Waals surface area contributed by atoms with Gasteiger partial charge in [-0.15, -0.1) is 0 Å². The molecule has 0 aromatic heterocycles. The Labute approximate surface area is 187 Å². The minimum Gasteiger partial charge on any atom is -0.480 e. The summed E-state index contributed by atoms with van der Waals surface area (Å²) in [5.41, 5.74) is 0. The molecular weight excluding hydrogens is 505 g/mol. The maximum absolute atomic E-state index is 10.4.